The Morgan fingerprint density at radius 3 is 2.95 bits per heavy atom. The van der Waals surface area contributed by atoms with E-state index in [0.717, 1.165) is 4.57 Å². The number of rotatable bonds is 4. The molecule has 0 aromatic carbocycles. The van der Waals surface area contributed by atoms with Gasteiger partial charge in [0.05, 0.1) is 18.8 Å². The summed E-state index contributed by atoms with van der Waals surface area (Å²) in [5.74, 6) is 0. The summed E-state index contributed by atoms with van der Waals surface area (Å²) in [7, 11) is 1.42. The van der Waals surface area contributed by atoms with Crippen molar-refractivity contribution in [1.82, 2.24) is 9.55 Å². The quantitative estimate of drug-likeness (QED) is 0.757. The molecule has 3 atom stereocenters. The molecular weight excluding hydrogens is 259 g/mol. The van der Waals surface area contributed by atoms with E-state index >= 15 is 0 Å². The molecule has 8 heteroatoms. The highest BCUT2D eigenvalue weighted by molar-refractivity contribution is 5.04. The van der Waals surface area contributed by atoms with Crippen LogP contribution in [-0.4, -0.2) is 40.6 Å². The molecule has 106 valence electrons. The third kappa shape index (κ3) is 2.75. The molecule has 0 aliphatic carbocycles. The zero-order chi connectivity index (χ0) is 14.0. The van der Waals surface area contributed by atoms with Crippen molar-refractivity contribution >= 4 is 0 Å². The fraction of sp³-hybridized carbons (Fsp3) is 0.636. The lowest BCUT2D eigenvalue weighted by atomic mass is 10.2. The maximum Gasteiger partial charge on any atom is 0.330 e. The minimum Gasteiger partial charge on any atom is -0.394 e. The number of halogens is 1. The number of methoxy groups -OCH3 is 1. The summed E-state index contributed by atoms with van der Waals surface area (Å²) in [5.41, 5.74) is -0.981. The molecule has 19 heavy (non-hydrogen) atoms. The van der Waals surface area contributed by atoms with E-state index in [1.54, 1.807) is 0 Å². The van der Waals surface area contributed by atoms with Gasteiger partial charge in [-0.25, -0.2) is 9.18 Å². The normalized spacial score (nSPS) is 26.8. The second-order valence-electron chi connectivity index (χ2n) is 4.32. The van der Waals surface area contributed by atoms with Gasteiger partial charge in [-0.2, -0.15) is 0 Å². The number of aromatic amines is 1. The first-order valence-electron chi connectivity index (χ1n) is 5.80. The number of nitrogens with zero attached hydrogens (tertiary/aromatic N) is 1. The number of nitrogens with one attached hydrogen (secondary N) is 1. The van der Waals surface area contributed by atoms with Crippen LogP contribution < -0.4 is 11.2 Å². The first-order chi connectivity index (χ1) is 9.06. The number of aliphatic hydroxyl groups is 1. The van der Waals surface area contributed by atoms with Crippen LogP contribution in [-0.2, 0) is 16.1 Å². The second kappa shape index (κ2) is 5.64. The molecule has 1 aromatic heterocycles. The van der Waals surface area contributed by atoms with E-state index in [0.29, 0.717) is 0 Å². The highest BCUT2D eigenvalue weighted by Gasteiger charge is 2.36. The van der Waals surface area contributed by atoms with Crippen molar-refractivity contribution in [3.8, 4) is 0 Å². The van der Waals surface area contributed by atoms with Gasteiger partial charge < -0.3 is 14.6 Å². The van der Waals surface area contributed by atoms with Gasteiger partial charge in [-0.1, -0.05) is 0 Å². The molecule has 1 saturated heterocycles. The molecule has 0 amide bonds. The third-order valence-corrected chi connectivity index (χ3v) is 2.99. The van der Waals surface area contributed by atoms with Crippen molar-refractivity contribution in [2.45, 2.75) is 31.5 Å². The SMILES string of the molecule is COCc1cn([C@@H]2C[C@@H](F)[C@H](CO)O2)c(=O)[nH]c1=O. The molecule has 1 aliphatic heterocycles. The van der Waals surface area contributed by atoms with Gasteiger partial charge >= 0.3 is 5.69 Å². The third-order valence-electron chi connectivity index (χ3n) is 2.99. The fourth-order valence-corrected chi connectivity index (χ4v) is 2.02. The Morgan fingerprint density at radius 1 is 1.63 bits per heavy atom. The van der Waals surface area contributed by atoms with Crippen LogP contribution in [0.5, 0.6) is 0 Å². The van der Waals surface area contributed by atoms with E-state index in [1.807, 2.05) is 0 Å². The number of ether oxygens (including phenoxy) is 2. The van der Waals surface area contributed by atoms with Crippen LogP contribution in [0.15, 0.2) is 15.8 Å². The molecule has 0 saturated carbocycles. The maximum atomic E-state index is 13.5. The van der Waals surface area contributed by atoms with Crippen molar-refractivity contribution in [3.05, 3.63) is 32.6 Å². The number of aliphatic hydroxyl groups excluding tert-OH is 1. The minimum absolute atomic E-state index is 0.0326. The lowest BCUT2D eigenvalue weighted by Gasteiger charge is -2.15. The van der Waals surface area contributed by atoms with Crippen LogP contribution in [0.4, 0.5) is 4.39 Å². The molecule has 7 nitrogen and oxygen atoms in total. The molecular formula is C11H15FN2O5. The first kappa shape index (κ1) is 13.9. The Hall–Kier alpha value is -1.51. The molecule has 0 spiro atoms. The van der Waals surface area contributed by atoms with Crippen LogP contribution in [0, 0.1) is 0 Å². The summed E-state index contributed by atoms with van der Waals surface area (Å²) < 4.78 is 24.7. The zero-order valence-electron chi connectivity index (χ0n) is 10.3. The number of hydrogen-bond donors (Lipinski definition) is 2. The van der Waals surface area contributed by atoms with Crippen LogP contribution in [0.2, 0.25) is 0 Å². The zero-order valence-corrected chi connectivity index (χ0v) is 10.3. The topological polar surface area (TPSA) is 93.6 Å². The number of H-pyrrole nitrogens is 1. The number of aromatic nitrogens is 2. The van der Waals surface area contributed by atoms with Gasteiger partial charge in [0.25, 0.3) is 5.56 Å². The highest BCUT2D eigenvalue weighted by Crippen LogP contribution is 2.29. The molecule has 1 aromatic rings. The molecule has 0 bridgehead atoms. The number of alkyl halides is 1. The van der Waals surface area contributed by atoms with Gasteiger partial charge in [-0.15, -0.1) is 0 Å². The van der Waals surface area contributed by atoms with Crippen LogP contribution in [0.3, 0.4) is 0 Å². The van der Waals surface area contributed by atoms with Gasteiger partial charge in [0.2, 0.25) is 0 Å². The standard InChI is InChI=1S/C11H15FN2O5/c1-18-5-6-3-14(11(17)13-10(6)16)9-2-7(12)8(4-15)19-9/h3,7-9,15H,2,4-5H2,1H3,(H,13,16,17)/t7-,8+,9+/m1/s1. The molecule has 1 aliphatic rings. The molecule has 2 N–H and O–H groups in total. The summed E-state index contributed by atoms with van der Waals surface area (Å²) in [4.78, 5) is 25.3. The predicted octanol–water partition coefficient (Wildman–Crippen LogP) is -0.699. The van der Waals surface area contributed by atoms with E-state index < -0.39 is 36.4 Å². The summed E-state index contributed by atoms with van der Waals surface area (Å²) in [6.07, 6.45) is -1.90. The summed E-state index contributed by atoms with van der Waals surface area (Å²) in [6, 6.07) is 0. The van der Waals surface area contributed by atoms with Gasteiger partial charge in [0, 0.05) is 19.7 Å². The van der Waals surface area contributed by atoms with Gasteiger partial charge in [-0.05, 0) is 0 Å². The number of hydrogen-bond acceptors (Lipinski definition) is 5. The summed E-state index contributed by atoms with van der Waals surface area (Å²) in [6.45, 7) is -0.425. The van der Waals surface area contributed by atoms with Gasteiger partial charge in [0.1, 0.15) is 18.5 Å². The van der Waals surface area contributed by atoms with E-state index in [-0.39, 0.29) is 18.6 Å². The monoisotopic (exact) mass is 274 g/mol. The average molecular weight is 274 g/mol. The predicted molar refractivity (Wildman–Crippen MR) is 62.5 cm³/mol. The Labute approximate surface area is 107 Å². The van der Waals surface area contributed by atoms with Gasteiger partial charge in [-0.3, -0.25) is 14.3 Å². The Morgan fingerprint density at radius 2 is 2.37 bits per heavy atom. The smallest absolute Gasteiger partial charge is 0.330 e. The lowest BCUT2D eigenvalue weighted by molar-refractivity contribution is -0.0358. The van der Waals surface area contributed by atoms with Gasteiger partial charge in [0.15, 0.2) is 0 Å². The molecule has 1 fully saturated rings. The molecule has 2 heterocycles. The first-order valence-corrected chi connectivity index (χ1v) is 5.80. The van der Waals surface area contributed by atoms with Crippen molar-refractivity contribution in [3.63, 3.8) is 0 Å². The minimum atomic E-state index is -1.35. The molecule has 0 unspecified atom stereocenters. The Bertz CT molecular complexity index is 555. The van der Waals surface area contributed by atoms with E-state index in [1.165, 1.54) is 13.3 Å². The average Bonchev–Trinajstić information content (AvgIpc) is 2.74. The summed E-state index contributed by atoms with van der Waals surface area (Å²) >= 11 is 0. The van der Waals surface area contributed by atoms with Crippen LogP contribution in [0.25, 0.3) is 0 Å². The van der Waals surface area contributed by atoms with Crippen molar-refractivity contribution in [2.24, 2.45) is 0 Å². The fourth-order valence-electron chi connectivity index (χ4n) is 2.02. The van der Waals surface area contributed by atoms with Crippen LogP contribution in [0.1, 0.15) is 18.2 Å². The van der Waals surface area contributed by atoms with E-state index in [4.69, 9.17) is 14.6 Å². The van der Waals surface area contributed by atoms with Crippen molar-refractivity contribution in [2.75, 3.05) is 13.7 Å². The second-order valence-corrected chi connectivity index (χ2v) is 4.32. The van der Waals surface area contributed by atoms with Crippen LogP contribution >= 0.6 is 0 Å². The van der Waals surface area contributed by atoms with E-state index in [9.17, 15) is 14.0 Å². The Kier molecular flexibility index (Phi) is 4.13. The molecule has 2 rings (SSSR count). The largest absolute Gasteiger partial charge is 0.394 e. The molecule has 0 radical (unpaired) electrons. The maximum absolute atomic E-state index is 13.5. The lowest BCUT2D eigenvalue weighted by Crippen LogP contribution is -2.34. The van der Waals surface area contributed by atoms with Crippen molar-refractivity contribution in [1.29, 1.82) is 0 Å². The highest BCUT2D eigenvalue weighted by atomic mass is 19.1. The Balaban J connectivity index is 2.33. The summed E-state index contributed by atoms with van der Waals surface area (Å²) in [5, 5.41) is 8.92. The van der Waals surface area contributed by atoms with E-state index in [2.05, 4.69) is 4.98 Å². The van der Waals surface area contributed by atoms with Crippen molar-refractivity contribution < 1.29 is 19.0 Å².